The fraction of sp³-hybridized carbons (Fsp3) is 0.939. The van der Waals surface area contributed by atoms with Crippen LogP contribution >= 0.6 is 15.6 Å². The Kier molecular flexibility index (Phi) is 57.1. The van der Waals surface area contributed by atoms with Gasteiger partial charge in [-0.15, -0.1) is 0 Å². The van der Waals surface area contributed by atoms with Crippen molar-refractivity contribution in [3.05, 3.63) is 0 Å². The topological polar surface area (TPSA) is 237 Å². The number of carbonyl (C=O) groups excluding carboxylic acids is 4. The van der Waals surface area contributed by atoms with Gasteiger partial charge in [0, 0.05) is 25.7 Å². The van der Waals surface area contributed by atoms with Gasteiger partial charge in [0.25, 0.3) is 0 Å². The molecule has 0 aromatic rings. The van der Waals surface area contributed by atoms with Gasteiger partial charge in [0.15, 0.2) is 12.2 Å². The largest absolute Gasteiger partial charge is 0.472 e. The molecule has 19 heteroatoms. The van der Waals surface area contributed by atoms with E-state index in [2.05, 4.69) is 41.5 Å². The summed E-state index contributed by atoms with van der Waals surface area (Å²) < 4.78 is 68.1. The van der Waals surface area contributed by atoms with E-state index >= 15 is 0 Å². The summed E-state index contributed by atoms with van der Waals surface area (Å²) in [5, 5.41) is 10.6. The van der Waals surface area contributed by atoms with Crippen LogP contribution in [0.2, 0.25) is 0 Å². The highest BCUT2D eigenvalue weighted by Crippen LogP contribution is 2.45. The van der Waals surface area contributed by atoms with E-state index in [9.17, 15) is 43.2 Å². The molecule has 0 fully saturated rings. The zero-order valence-corrected chi connectivity index (χ0v) is 56.7. The van der Waals surface area contributed by atoms with Crippen molar-refractivity contribution < 1.29 is 80.2 Å². The molecule has 0 spiro atoms. The molecular weight excluding hydrogens is 1130 g/mol. The molecule has 3 N–H and O–H groups in total. The summed E-state index contributed by atoms with van der Waals surface area (Å²) >= 11 is 0. The third-order valence-electron chi connectivity index (χ3n) is 15.2. The van der Waals surface area contributed by atoms with Crippen LogP contribution in [0.3, 0.4) is 0 Å². The number of ether oxygens (including phenoxy) is 4. The third-order valence-corrected chi connectivity index (χ3v) is 17.1. The van der Waals surface area contributed by atoms with Crippen LogP contribution in [0.5, 0.6) is 0 Å². The minimum Gasteiger partial charge on any atom is -0.462 e. The van der Waals surface area contributed by atoms with Crippen LogP contribution in [0.1, 0.15) is 330 Å². The first-order valence-electron chi connectivity index (χ1n) is 34.5. The average molecular weight is 1260 g/mol. The van der Waals surface area contributed by atoms with E-state index in [0.717, 1.165) is 102 Å². The molecule has 0 heterocycles. The van der Waals surface area contributed by atoms with Gasteiger partial charge >= 0.3 is 39.5 Å². The van der Waals surface area contributed by atoms with Gasteiger partial charge in [-0.2, -0.15) is 0 Å². The van der Waals surface area contributed by atoms with Crippen molar-refractivity contribution in [2.24, 2.45) is 11.8 Å². The lowest BCUT2D eigenvalue weighted by molar-refractivity contribution is -0.161. The predicted molar refractivity (Wildman–Crippen MR) is 340 cm³/mol. The smallest absolute Gasteiger partial charge is 0.462 e. The number of rotatable bonds is 65. The van der Waals surface area contributed by atoms with Crippen LogP contribution in [0, 0.1) is 11.8 Å². The number of carbonyl (C=O) groups is 4. The van der Waals surface area contributed by atoms with Gasteiger partial charge in [-0.1, -0.05) is 279 Å². The molecule has 0 aromatic heterocycles. The van der Waals surface area contributed by atoms with Gasteiger partial charge in [-0.25, -0.2) is 9.13 Å². The van der Waals surface area contributed by atoms with E-state index in [0.29, 0.717) is 25.7 Å². The number of esters is 4. The fourth-order valence-corrected chi connectivity index (χ4v) is 11.5. The van der Waals surface area contributed by atoms with E-state index in [1.165, 1.54) is 148 Å². The Morgan fingerprint density at radius 3 is 0.800 bits per heavy atom. The van der Waals surface area contributed by atoms with Crippen LogP contribution in [-0.2, 0) is 65.4 Å². The molecule has 5 atom stereocenters. The number of aliphatic hydroxyl groups is 1. The molecule has 85 heavy (non-hydrogen) atoms. The van der Waals surface area contributed by atoms with E-state index < -0.39 is 97.5 Å². The first-order chi connectivity index (χ1) is 40.9. The van der Waals surface area contributed by atoms with E-state index in [4.69, 9.17) is 37.0 Å². The second-order valence-corrected chi connectivity index (χ2v) is 27.7. The lowest BCUT2D eigenvalue weighted by atomic mass is 10.0. The number of phosphoric ester groups is 2. The molecule has 0 amide bonds. The van der Waals surface area contributed by atoms with E-state index in [1.54, 1.807) is 0 Å². The second kappa shape index (κ2) is 58.4. The highest BCUT2D eigenvalue weighted by atomic mass is 31.2. The summed E-state index contributed by atoms with van der Waals surface area (Å²) in [5.74, 6) is -0.686. The minimum absolute atomic E-state index is 0.105. The Morgan fingerprint density at radius 1 is 0.318 bits per heavy atom. The summed E-state index contributed by atoms with van der Waals surface area (Å²) in [4.78, 5) is 72.3. The SMILES string of the molecule is CCCCCCCCCCCCCCC(=O)O[C@H](COC(=O)CCCCCCCCCCC(C)C)COP(=O)(O)OC[C@@H](O)COP(=O)(O)OC[C@@H](COC(=O)CCCCCCCCCCCCC)OC(=O)CCCCCCCCCCC(C)C. The zero-order valence-electron chi connectivity index (χ0n) is 54.9. The molecule has 0 saturated heterocycles. The van der Waals surface area contributed by atoms with Gasteiger partial charge in [0.1, 0.15) is 19.3 Å². The summed E-state index contributed by atoms with van der Waals surface area (Å²) in [5.41, 5.74) is 0. The zero-order chi connectivity index (χ0) is 62.9. The second-order valence-electron chi connectivity index (χ2n) is 24.8. The monoisotopic (exact) mass is 1250 g/mol. The lowest BCUT2D eigenvalue weighted by Crippen LogP contribution is -2.30. The molecule has 0 aromatic carbocycles. The van der Waals surface area contributed by atoms with E-state index in [-0.39, 0.29) is 25.7 Å². The molecule has 0 aliphatic rings. The van der Waals surface area contributed by atoms with E-state index in [1.807, 2.05) is 0 Å². The van der Waals surface area contributed by atoms with Crippen LogP contribution < -0.4 is 0 Å². The molecule has 504 valence electrons. The fourth-order valence-electron chi connectivity index (χ4n) is 9.88. The molecule has 0 aliphatic heterocycles. The standard InChI is InChI=1S/C66H128O17P2/c1-7-9-11-13-15-17-19-21-23-32-38-44-50-65(70)82-61(55-77-64(69)49-43-37-31-26-24-28-34-40-46-58(3)4)56-80-84(72,73)78-52-60(67)53-79-85(74,75)81-57-62(83-66(71)51-45-39-33-27-25-29-35-41-47-59(5)6)54-76-63(68)48-42-36-30-22-20-18-16-14-12-10-8-2/h58-62,67H,7-57H2,1-6H3,(H,72,73)(H,74,75)/t60-,61-,62-/m1/s1. The number of hydrogen-bond acceptors (Lipinski definition) is 15. The molecule has 0 radical (unpaired) electrons. The van der Waals surface area contributed by atoms with Crippen molar-refractivity contribution in [2.45, 2.75) is 349 Å². The molecular formula is C66H128O17P2. The first kappa shape index (κ1) is 83.1. The van der Waals surface area contributed by atoms with Crippen LogP contribution in [0.25, 0.3) is 0 Å². The first-order valence-corrected chi connectivity index (χ1v) is 37.5. The van der Waals surface area contributed by atoms with Crippen LogP contribution in [0.15, 0.2) is 0 Å². The highest BCUT2D eigenvalue weighted by Gasteiger charge is 2.30. The van der Waals surface area contributed by atoms with Crippen molar-refractivity contribution in [2.75, 3.05) is 39.6 Å². The maximum atomic E-state index is 13.0. The van der Waals surface area contributed by atoms with Crippen LogP contribution in [-0.4, -0.2) is 96.7 Å². The number of hydrogen-bond donors (Lipinski definition) is 3. The Morgan fingerprint density at radius 2 is 0.541 bits per heavy atom. The minimum atomic E-state index is -4.95. The van der Waals surface area contributed by atoms with Gasteiger partial charge in [0.05, 0.1) is 26.4 Å². The molecule has 0 rings (SSSR count). The quantitative estimate of drug-likeness (QED) is 0.0222. The summed E-state index contributed by atoms with van der Waals surface area (Å²) in [7, 11) is -9.89. The van der Waals surface area contributed by atoms with Crippen molar-refractivity contribution in [3.63, 3.8) is 0 Å². The molecule has 2 unspecified atom stereocenters. The van der Waals surface area contributed by atoms with Crippen molar-refractivity contribution in [3.8, 4) is 0 Å². The normalized spacial score (nSPS) is 14.2. The summed E-state index contributed by atoms with van der Waals surface area (Å²) in [6, 6.07) is 0. The van der Waals surface area contributed by atoms with Crippen molar-refractivity contribution >= 4 is 39.5 Å². The van der Waals surface area contributed by atoms with Gasteiger partial charge in [-0.05, 0) is 37.5 Å². The Bertz CT molecular complexity index is 1670. The average Bonchev–Trinajstić information content (AvgIpc) is 3.46. The number of aliphatic hydroxyl groups excluding tert-OH is 1. The summed E-state index contributed by atoms with van der Waals surface area (Å²) in [6.45, 7) is 9.44. The Balaban J connectivity index is 5.25. The highest BCUT2D eigenvalue weighted by molar-refractivity contribution is 7.47. The van der Waals surface area contributed by atoms with Gasteiger partial charge in [0.2, 0.25) is 0 Å². The maximum absolute atomic E-state index is 13.0. The Hall–Kier alpha value is -1.94. The van der Waals surface area contributed by atoms with Crippen LogP contribution in [0.4, 0.5) is 0 Å². The molecule has 17 nitrogen and oxygen atoms in total. The maximum Gasteiger partial charge on any atom is 0.472 e. The molecule has 0 saturated carbocycles. The summed E-state index contributed by atoms with van der Waals surface area (Å²) in [6.07, 6.45) is 41.6. The van der Waals surface area contributed by atoms with Gasteiger partial charge < -0.3 is 33.8 Å². The Labute approximate surface area is 517 Å². The molecule has 0 bridgehead atoms. The predicted octanol–water partition coefficient (Wildman–Crippen LogP) is 18.4. The number of unbranched alkanes of at least 4 members (excludes halogenated alkanes) is 35. The van der Waals surface area contributed by atoms with Gasteiger partial charge in [-0.3, -0.25) is 37.3 Å². The number of phosphoric acid groups is 2. The van der Waals surface area contributed by atoms with Crippen molar-refractivity contribution in [1.82, 2.24) is 0 Å². The third kappa shape index (κ3) is 60.7. The lowest BCUT2D eigenvalue weighted by Gasteiger charge is -2.21. The van der Waals surface area contributed by atoms with Crippen molar-refractivity contribution in [1.29, 1.82) is 0 Å². The molecule has 0 aliphatic carbocycles.